The highest BCUT2D eigenvalue weighted by molar-refractivity contribution is 14.1. The van der Waals surface area contributed by atoms with E-state index in [2.05, 4.69) is 128 Å². The highest BCUT2D eigenvalue weighted by Crippen LogP contribution is 2.40. The Hall–Kier alpha value is -0.0362. The van der Waals surface area contributed by atoms with Gasteiger partial charge in [-0.25, -0.2) is 0 Å². The van der Waals surface area contributed by atoms with Gasteiger partial charge in [0.15, 0.2) is 16.6 Å². The van der Waals surface area contributed by atoms with E-state index in [4.69, 9.17) is 18.3 Å². The summed E-state index contributed by atoms with van der Waals surface area (Å²) in [5.74, 6) is 0. The van der Waals surface area contributed by atoms with Crippen LogP contribution in [0.4, 0.5) is 0 Å². The van der Waals surface area contributed by atoms with Crippen molar-refractivity contribution in [2.45, 2.75) is 129 Å². The summed E-state index contributed by atoms with van der Waals surface area (Å²) >= 11 is 2.38. The van der Waals surface area contributed by atoms with Crippen LogP contribution in [0.2, 0.25) is 36.3 Å². The van der Waals surface area contributed by atoms with Gasteiger partial charge in [-0.05, 0) is 87.8 Å². The third-order valence-electron chi connectivity index (χ3n) is 8.02. The number of hydrogen-bond acceptors (Lipinski definition) is 4. The van der Waals surface area contributed by atoms with E-state index in [1.807, 2.05) is 13.2 Å². The SMILES string of the molecule is CO[C@@H](C[C@@H](COCc1ccccc1)O[Si](C)(C)C(C)(C)C)[C@H](CC/C=C(/C)I)O[Si](C)(C)C(C)(C)C. The van der Waals surface area contributed by atoms with Gasteiger partial charge in [0, 0.05) is 13.5 Å². The van der Waals surface area contributed by atoms with E-state index in [1.54, 1.807) is 0 Å². The van der Waals surface area contributed by atoms with E-state index in [1.165, 1.54) is 9.14 Å². The molecule has 3 atom stereocenters. The second-order valence-corrected chi connectivity index (χ2v) is 24.5. The van der Waals surface area contributed by atoms with Crippen LogP contribution in [-0.4, -0.2) is 48.7 Å². The summed E-state index contributed by atoms with van der Waals surface area (Å²) in [6, 6.07) is 10.4. The first-order valence-corrected chi connectivity index (χ1v) is 20.6. The van der Waals surface area contributed by atoms with Gasteiger partial charge in [-0.1, -0.05) is 78.0 Å². The lowest BCUT2D eigenvalue weighted by molar-refractivity contribution is -0.0497. The minimum absolute atomic E-state index is 0.0116. The fourth-order valence-electron chi connectivity index (χ4n) is 3.61. The van der Waals surface area contributed by atoms with Gasteiger partial charge in [0.1, 0.15) is 0 Å². The first-order chi connectivity index (χ1) is 16.9. The first-order valence-electron chi connectivity index (χ1n) is 13.7. The molecule has 0 aliphatic carbocycles. The average Bonchev–Trinajstić information content (AvgIpc) is 2.75. The summed E-state index contributed by atoms with van der Waals surface area (Å²) in [4.78, 5) is 0. The van der Waals surface area contributed by atoms with Crippen molar-refractivity contribution in [3.8, 4) is 0 Å². The lowest BCUT2D eigenvalue weighted by Crippen LogP contribution is -2.50. The molecule has 0 aliphatic rings. The van der Waals surface area contributed by atoms with Crippen LogP contribution < -0.4 is 0 Å². The summed E-state index contributed by atoms with van der Waals surface area (Å²) in [5, 5.41) is 0.251. The van der Waals surface area contributed by atoms with Crippen LogP contribution in [0.15, 0.2) is 40.0 Å². The van der Waals surface area contributed by atoms with Crippen LogP contribution >= 0.6 is 22.6 Å². The molecule has 0 radical (unpaired) electrons. The second kappa shape index (κ2) is 15.1. The minimum Gasteiger partial charge on any atom is -0.411 e. The molecule has 0 N–H and O–H groups in total. The van der Waals surface area contributed by atoms with Gasteiger partial charge in [-0.2, -0.15) is 0 Å². The van der Waals surface area contributed by atoms with Crippen LogP contribution in [0, 0.1) is 0 Å². The maximum Gasteiger partial charge on any atom is 0.192 e. The fourth-order valence-corrected chi connectivity index (χ4v) is 6.65. The molecule has 0 saturated heterocycles. The monoisotopic (exact) mass is 662 g/mol. The van der Waals surface area contributed by atoms with E-state index < -0.39 is 16.6 Å². The highest BCUT2D eigenvalue weighted by Gasteiger charge is 2.43. The lowest BCUT2D eigenvalue weighted by Gasteiger charge is -2.43. The smallest absolute Gasteiger partial charge is 0.192 e. The van der Waals surface area contributed by atoms with Crippen LogP contribution in [-0.2, 0) is 24.9 Å². The zero-order valence-corrected chi connectivity index (χ0v) is 29.9. The highest BCUT2D eigenvalue weighted by atomic mass is 127. The standard InChI is InChI=1S/C30H55IO4Si2/c1-24(31)17-16-20-27(35-37(11,12)30(5,6)7)28(32-8)21-26(34-36(9,10)29(2,3)4)23-33-22-25-18-14-13-15-19-25/h13-15,17-19,26-28H,16,20-23H2,1-12H3/b24-17-/t26-,27-,28-/m0/s1. The van der Waals surface area contributed by atoms with Crippen LogP contribution in [0.3, 0.4) is 0 Å². The van der Waals surface area contributed by atoms with Crippen LogP contribution in [0.1, 0.15) is 73.3 Å². The molecule has 0 spiro atoms. The van der Waals surface area contributed by atoms with E-state index in [9.17, 15) is 0 Å². The van der Waals surface area contributed by atoms with Crippen LogP contribution in [0.5, 0.6) is 0 Å². The molecular weight excluding hydrogens is 607 g/mol. The van der Waals surface area contributed by atoms with E-state index >= 15 is 0 Å². The number of hydrogen-bond donors (Lipinski definition) is 0. The van der Waals surface area contributed by atoms with Gasteiger partial charge in [0.2, 0.25) is 0 Å². The minimum atomic E-state index is -2.01. The Morgan fingerprint density at radius 2 is 1.43 bits per heavy atom. The van der Waals surface area contributed by atoms with Crippen molar-refractivity contribution in [2.24, 2.45) is 0 Å². The predicted molar refractivity (Wildman–Crippen MR) is 173 cm³/mol. The van der Waals surface area contributed by atoms with Crippen molar-refractivity contribution >= 4 is 39.2 Å². The Morgan fingerprint density at radius 3 is 1.92 bits per heavy atom. The third-order valence-corrected chi connectivity index (χ3v) is 17.5. The normalized spacial score (nSPS) is 16.5. The first kappa shape index (κ1) is 35.0. The average molecular weight is 663 g/mol. The van der Waals surface area contributed by atoms with E-state index in [0.717, 1.165) is 19.3 Å². The molecule has 0 aromatic heterocycles. The van der Waals surface area contributed by atoms with Crippen molar-refractivity contribution in [1.82, 2.24) is 0 Å². The predicted octanol–water partition coefficient (Wildman–Crippen LogP) is 9.51. The molecule has 214 valence electrons. The Labute approximate surface area is 244 Å². The van der Waals surface area contributed by atoms with E-state index in [-0.39, 0.29) is 28.4 Å². The molecule has 0 heterocycles. The molecule has 1 aromatic rings. The Balaban J connectivity index is 3.16. The molecule has 1 rings (SSSR count). The molecule has 37 heavy (non-hydrogen) atoms. The Kier molecular flexibility index (Phi) is 14.3. The molecular formula is C30H55IO4Si2. The molecule has 7 heteroatoms. The number of benzene rings is 1. The van der Waals surface area contributed by atoms with Crippen molar-refractivity contribution in [1.29, 1.82) is 0 Å². The number of methoxy groups -OCH3 is 1. The van der Waals surface area contributed by atoms with E-state index in [0.29, 0.717) is 13.2 Å². The van der Waals surface area contributed by atoms with Gasteiger partial charge >= 0.3 is 0 Å². The van der Waals surface area contributed by atoms with Crippen molar-refractivity contribution in [2.75, 3.05) is 13.7 Å². The lowest BCUT2D eigenvalue weighted by atomic mass is 10.0. The zero-order chi connectivity index (χ0) is 28.5. The molecule has 0 saturated carbocycles. The second-order valence-electron chi connectivity index (χ2n) is 13.3. The number of allylic oxidation sites excluding steroid dienone is 2. The summed E-state index contributed by atoms with van der Waals surface area (Å²) in [7, 11) is -2.17. The Morgan fingerprint density at radius 1 is 0.892 bits per heavy atom. The Bertz CT molecular complexity index is 809. The van der Waals surface area contributed by atoms with Gasteiger partial charge in [0.25, 0.3) is 0 Å². The summed E-state index contributed by atoms with van der Waals surface area (Å²) in [6.07, 6.45) is 4.85. The number of halogens is 1. The maximum atomic E-state index is 7.01. The zero-order valence-electron chi connectivity index (χ0n) is 25.7. The third kappa shape index (κ3) is 12.3. The van der Waals surface area contributed by atoms with Crippen molar-refractivity contribution in [3.05, 3.63) is 45.6 Å². The summed E-state index contributed by atoms with van der Waals surface area (Å²) in [6.45, 7) is 26.3. The van der Waals surface area contributed by atoms with Gasteiger partial charge in [-0.15, -0.1) is 0 Å². The summed E-state index contributed by atoms with van der Waals surface area (Å²) in [5.41, 5.74) is 1.18. The number of rotatable bonds is 15. The largest absolute Gasteiger partial charge is 0.411 e. The molecule has 0 fully saturated rings. The number of ether oxygens (including phenoxy) is 2. The fraction of sp³-hybridized carbons (Fsp3) is 0.733. The molecule has 1 aromatic carbocycles. The van der Waals surface area contributed by atoms with Crippen molar-refractivity contribution < 1.29 is 18.3 Å². The quantitative estimate of drug-likeness (QED) is 0.139. The molecule has 0 bridgehead atoms. The van der Waals surface area contributed by atoms with Gasteiger partial charge in [-0.3, -0.25) is 0 Å². The topological polar surface area (TPSA) is 36.9 Å². The van der Waals surface area contributed by atoms with Crippen LogP contribution in [0.25, 0.3) is 0 Å². The molecule has 4 nitrogen and oxygen atoms in total. The molecule has 0 amide bonds. The van der Waals surface area contributed by atoms with Gasteiger partial charge < -0.3 is 18.3 Å². The molecule has 0 unspecified atom stereocenters. The molecule has 0 aliphatic heterocycles. The maximum absolute atomic E-state index is 7.01. The van der Waals surface area contributed by atoms with Crippen molar-refractivity contribution in [3.63, 3.8) is 0 Å². The van der Waals surface area contributed by atoms with Gasteiger partial charge in [0.05, 0.1) is 31.5 Å². The summed E-state index contributed by atoms with van der Waals surface area (Å²) < 4.78 is 27.7.